The molecule has 5 heteroatoms. The van der Waals surface area contributed by atoms with E-state index in [2.05, 4.69) is 0 Å². The van der Waals surface area contributed by atoms with E-state index in [0.717, 1.165) is 5.56 Å². The molecule has 0 unspecified atom stereocenters. The maximum Gasteiger partial charge on any atom is 0.269 e. The summed E-state index contributed by atoms with van der Waals surface area (Å²) in [7, 11) is 0. The van der Waals surface area contributed by atoms with Gasteiger partial charge >= 0.3 is 0 Å². The van der Waals surface area contributed by atoms with Crippen LogP contribution in [0.3, 0.4) is 0 Å². The highest BCUT2D eigenvalue weighted by Crippen LogP contribution is 2.35. The van der Waals surface area contributed by atoms with Gasteiger partial charge in [-0.25, -0.2) is 0 Å². The number of rotatable bonds is 3. The summed E-state index contributed by atoms with van der Waals surface area (Å²) in [4.78, 5) is 10.1. The summed E-state index contributed by atoms with van der Waals surface area (Å²) in [5.41, 5.74) is 0.908. The van der Waals surface area contributed by atoms with E-state index in [9.17, 15) is 10.1 Å². The lowest BCUT2D eigenvalue weighted by Gasteiger charge is -2.26. The topological polar surface area (TPSA) is 61.6 Å². The van der Waals surface area contributed by atoms with Crippen molar-refractivity contribution >= 4 is 5.69 Å². The molecule has 1 fully saturated rings. The van der Waals surface area contributed by atoms with Crippen molar-refractivity contribution in [2.75, 3.05) is 13.2 Å². The Kier molecular flexibility index (Phi) is 2.89. The molecule has 0 aliphatic carbocycles. The summed E-state index contributed by atoms with van der Waals surface area (Å²) in [5, 5.41) is 10.5. The van der Waals surface area contributed by atoms with Crippen molar-refractivity contribution in [1.29, 1.82) is 0 Å². The van der Waals surface area contributed by atoms with Gasteiger partial charge in [0, 0.05) is 24.1 Å². The molecule has 0 bridgehead atoms. The highest BCUT2D eigenvalue weighted by Gasteiger charge is 2.36. The lowest BCUT2D eigenvalue weighted by molar-refractivity contribution is -0.384. The molecule has 5 nitrogen and oxygen atoms in total. The second-order valence-corrected chi connectivity index (χ2v) is 3.61. The molecule has 0 N–H and O–H groups in total. The second-order valence-electron chi connectivity index (χ2n) is 3.61. The second kappa shape index (κ2) is 4.19. The van der Waals surface area contributed by atoms with Crippen LogP contribution in [0.5, 0.6) is 0 Å². The zero-order valence-corrected chi connectivity index (χ0v) is 9.01. The molecule has 0 spiro atoms. The van der Waals surface area contributed by atoms with Crippen molar-refractivity contribution in [3.63, 3.8) is 0 Å². The van der Waals surface area contributed by atoms with Gasteiger partial charge in [0.15, 0.2) is 5.79 Å². The number of ether oxygens (including phenoxy) is 2. The molecule has 0 saturated carbocycles. The van der Waals surface area contributed by atoms with Crippen molar-refractivity contribution in [2.24, 2.45) is 0 Å². The van der Waals surface area contributed by atoms with Gasteiger partial charge in [0.05, 0.1) is 18.1 Å². The number of benzene rings is 1. The first-order valence-corrected chi connectivity index (χ1v) is 5.21. The minimum atomic E-state index is -0.713. The Morgan fingerprint density at radius 1 is 1.31 bits per heavy atom. The number of nitro benzene ring substituents is 1. The summed E-state index contributed by atoms with van der Waals surface area (Å²) >= 11 is 0. The summed E-state index contributed by atoms with van der Waals surface area (Å²) in [6.45, 7) is 3.09. The Morgan fingerprint density at radius 3 is 2.31 bits per heavy atom. The Bertz CT molecular complexity index is 381. The maximum absolute atomic E-state index is 10.5. The summed E-state index contributed by atoms with van der Waals surface area (Å²) < 4.78 is 11.2. The quantitative estimate of drug-likeness (QED) is 0.582. The monoisotopic (exact) mass is 223 g/mol. The number of hydrogen-bond acceptors (Lipinski definition) is 4. The van der Waals surface area contributed by atoms with E-state index in [1.54, 1.807) is 12.1 Å². The number of hydrogen-bond donors (Lipinski definition) is 0. The minimum Gasteiger partial charge on any atom is -0.343 e. The van der Waals surface area contributed by atoms with Crippen LogP contribution in [0, 0.1) is 10.1 Å². The molecule has 0 amide bonds. The van der Waals surface area contributed by atoms with Gasteiger partial charge in [0.25, 0.3) is 5.69 Å². The highest BCUT2D eigenvalue weighted by molar-refractivity contribution is 5.34. The predicted molar refractivity (Wildman–Crippen MR) is 57.0 cm³/mol. The Labute approximate surface area is 93.1 Å². The molecule has 0 radical (unpaired) electrons. The lowest BCUT2D eigenvalue weighted by Crippen LogP contribution is -2.25. The molecular weight excluding hydrogens is 210 g/mol. The molecular formula is C11H13NO4. The Morgan fingerprint density at radius 2 is 1.88 bits per heavy atom. The van der Waals surface area contributed by atoms with Gasteiger partial charge in [-0.2, -0.15) is 0 Å². The van der Waals surface area contributed by atoms with Gasteiger partial charge in [-0.1, -0.05) is 6.92 Å². The molecule has 16 heavy (non-hydrogen) atoms. The van der Waals surface area contributed by atoms with Crippen LogP contribution >= 0.6 is 0 Å². The summed E-state index contributed by atoms with van der Waals surface area (Å²) in [6.07, 6.45) is 0.685. The van der Waals surface area contributed by atoms with E-state index in [1.807, 2.05) is 6.92 Å². The Hall–Kier alpha value is -1.46. The third-order valence-electron chi connectivity index (χ3n) is 2.74. The zero-order chi connectivity index (χ0) is 11.6. The molecule has 0 atom stereocenters. The lowest BCUT2D eigenvalue weighted by atomic mass is 10.0. The first-order chi connectivity index (χ1) is 7.68. The molecule has 1 aliphatic rings. The van der Waals surface area contributed by atoms with Crippen molar-refractivity contribution in [3.8, 4) is 0 Å². The van der Waals surface area contributed by atoms with Gasteiger partial charge in [0.2, 0.25) is 0 Å². The smallest absolute Gasteiger partial charge is 0.269 e. The third-order valence-corrected chi connectivity index (χ3v) is 2.74. The molecule has 1 heterocycles. The van der Waals surface area contributed by atoms with Gasteiger partial charge < -0.3 is 9.47 Å². The van der Waals surface area contributed by atoms with Crippen LogP contribution in [-0.4, -0.2) is 18.1 Å². The molecule has 1 aromatic rings. The zero-order valence-electron chi connectivity index (χ0n) is 9.01. The van der Waals surface area contributed by atoms with Crippen molar-refractivity contribution in [1.82, 2.24) is 0 Å². The molecule has 86 valence electrons. The van der Waals surface area contributed by atoms with E-state index >= 15 is 0 Å². The standard InChI is InChI=1S/C11H13NO4/c1-2-11(15-7-8-16-11)9-3-5-10(6-4-9)12(13)14/h3-6H,2,7-8H2,1H3. The molecule has 0 aromatic heterocycles. The average Bonchev–Trinajstić information content (AvgIpc) is 2.79. The predicted octanol–water partition coefficient (Wildman–Crippen LogP) is 2.20. The van der Waals surface area contributed by atoms with Gasteiger partial charge in [0.1, 0.15) is 0 Å². The van der Waals surface area contributed by atoms with Crippen LogP contribution in [0.4, 0.5) is 5.69 Å². The fraction of sp³-hybridized carbons (Fsp3) is 0.455. The first-order valence-electron chi connectivity index (χ1n) is 5.21. The van der Waals surface area contributed by atoms with Gasteiger partial charge in [-0.3, -0.25) is 10.1 Å². The Balaban J connectivity index is 2.29. The van der Waals surface area contributed by atoms with E-state index in [1.165, 1.54) is 12.1 Å². The maximum atomic E-state index is 10.5. The summed E-state index contributed by atoms with van der Waals surface area (Å²) in [5.74, 6) is -0.713. The van der Waals surface area contributed by atoms with Gasteiger partial charge in [-0.05, 0) is 12.1 Å². The molecule has 1 aliphatic heterocycles. The van der Waals surface area contributed by atoms with Crippen LogP contribution < -0.4 is 0 Å². The van der Waals surface area contributed by atoms with Crippen LogP contribution in [0.2, 0.25) is 0 Å². The van der Waals surface area contributed by atoms with Crippen molar-refractivity contribution < 1.29 is 14.4 Å². The van der Waals surface area contributed by atoms with E-state index in [4.69, 9.17) is 9.47 Å². The molecule has 1 aromatic carbocycles. The van der Waals surface area contributed by atoms with Crippen LogP contribution in [0.15, 0.2) is 24.3 Å². The van der Waals surface area contributed by atoms with E-state index < -0.39 is 10.7 Å². The average molecular weight is 223 g/mol. The van der Waals surface area contributed by atoms with Crippen LogP contribution in [0.1, 0.15) is 18.9 Å². The van der Waals surface area contributed by atoms with Crippen molar-refractivity contribution in [3.05, 3.63) is 39.9 Å². The van der Waals surface area contributed by atoms with Gasteiger partial charge in [-0.15, -0.1) is 0 Å². The SMILES string of the molecule is CCC1(c2ccc([N+](=O)[O-])cc2)OCCO1. The van der Waals surface area contributed by atoms with E-state index in [0.29, 0.717) is 19.6 Å². The molecule has 2 rings (SSSR count). The number of nitrogens with zero attached hydrogens (tertiary/aromatic N) is 1. The third kappa shape index (κ3) is 1.79. The van der Waals surface area contributed by atoms with Crippen molar-refractivity contribution in [2.45, 2.75) is 19.1 Å². The summed E-state index contributed by atoms with van der Waals surface area (Å²) in [6, 6.07) is 6.31. The first kappa shape index (κ1) is 11.0. The largest absolute Gasteiger partial charge is 0.343 e. The van der Waals surface area contributed by atoms with Crippen LogP contribution in [-0.2, 0) is 15.3 Å². The number of nitro groups is 1. The number of non-ortho nitro benzene ring substituents is 1. The minimum absolute atomic E-state index is 0.0769. The molecule has 1 saturated heterocycles. The fourth-order valence-electron chi connectivity index (χ4n) is 1.87. The van der Waals surface area contributed by atoms with Crippen LogP contribution in [0.25, 0.3) is 0 Å². The highest BCUT2D eigenvalue weighted by atomic mass is 16.7. The van der Waals surface area contributed by atoms with E-state index in [-0.39, 0.29) is 5.69 Å². The normalized spacial score (nSPS) is 18.6. The fourth-order valence-corrected chi connectivity index (χ4v) is 1.87.